The fourth-order valence-corrected chi connectivity index (χ4v) is 2.00. The Hall–Kier alpha value is -0.850. The van der Waals surface area contributed by atoms with E-state index < -0.39 is 0 Å². The summed E-state index contributed by atoms with van der Waals surface area (Å²) in [7, 11) is 0. The predicted molar refractivity (Wildman–Crippen MR) is 68.5 cm³/mol. The van der Waals surface area contributed by atoms with E-state index in [9.17, 15) is 4.39 Å². The molecule has 1 N–H and O–H groups in total. The highest BCUT2D eigenvalue weighted by Crippen LogP contribution is 2.14. The minimum atomic E-state index is -0.237. The van der Waals surface area contributed by atoms with E-state index in [0.29, 0.717) is 6.54 Å². The van der Waals surface area contributed by atoms with Crippen molar-refractivity contribution < 1.29 is 4.39 Å². The Morgan fingerprint density at radius 2 is 2.25 bits per heavy atom. The first-order valence-corrected chi connectivity index (χ1v) is 6.09. The summed E-state index contributed by atoms with van der Waals surface area (Å²) in [4.78, 5) is 0. The van der Waals surface area contributed by atoms with Gasteiger partial charge >= 0.3 is 0 Å². The average Bonchev–Trinajstić information content (AvgIpc) is 2.23. The van der Waals surface area contributed by atoms with Crippen LogP contribution in [0.4, 0.5) is 4.39 Å². The molecule has 0 spiro atoms. The van der Waals surface area contributed by atoms with Crippen LogP contribution < -0.4 is 5.32 Å². The highest BCUT2D eigenvalue weighted by Gasteiger charge is 2.04. The summed E-state index contributed by atoms with van der Waals surface area (Å²) in [5.74, 6) is 2.45. The van der Waals surface area contributed by atoms with E-state index in [1.54, 1.807) is 0 Å². The van der Waals surface area contributed by atoms with Crippen molar-refractivity contribution in [1.29, 1.82) is 0 Å². The number of nitrogens with one attached hydrogen (secondary N) is 1. The molecule has 86 valence electrons. The van der Waals surface area contributed by atoms with E-state index in [0.717, 1.165) is 22.9 Å². The smallest absolute Gasteiger partial charge is 0.124 e. The number of benzene rings is 1. The van der Waals surface area contributed by atoms with Crippen LogP contribution in [0.5, 0.6) is 0 Å². The Bertz CT molecular complexity index is 364. The van der Waals surface area contributed by atoms with E-state index in [1.165, 1.54) is 12.1 Å². The van der Waals surface area contributed by atoms with Crippen molar-refractivity contribution in [2.24, 2.45) is 0 Å². The van der Waals surface area contributed by atoms with Gasteiger partial charge in [-0.1, -0.05) is 35.2 Å². The topological polar surface area (TPSA) is 12.0 Å². The van der Waals surface area contributed by atoms with Gasteiger partial charge in [0.15, 0.2) is 0 Å². The molecule has 0 aliphatic rings. The van der Waals surface area contributed by atoms with Crippen LogP contribution in [0.3, 0.4) is 0 Å². The monoisotopic (exact) mass is 283 g/mol. The summed E-state index contributed by atoms with van der Waals surface area (Å²) in [5.41, 5.74) is 0.892. The van der Waals surface area contributed by atoms with Crippen LogP contribution in [0.2, 0.25) is 0 Å². The fourth-order valence-electron chi connectivity index (χ4n) is 1.49. The molecular weight excluding hydrogens is 269 g/mol. The molecule has 0 heterocycles. The summed E-state index contributed by atoms with van der Waals surface area (Å²) in [5, 5.41) is 3.22. The molecule has 0 aliphatic heterocycles. The molecular formula is C13H15BrFN. The Morgan fingerprint density at radius 3 is 2.81 bits per heavy atom. The van der Waals surface area contributed by atoms with Gasteiger partial charge in [0.1, 0.15) is 5.82 Å². The van der Waals surface area contributed by atoms with E-state index in [-0.39, 0.29) is 11.9 Å². The molecule has 1 aromatic carbocycles. The molecule has 1 unspecified atom stereocenters. The molecule has 0 saturated carbocycles. The maximum atomic E-state index is 13.1. The van der Waals surface area contributed by atoms with E-state index in [2.05, 4.69) is 34.1 Å². The second-order valence-electron chi connectivity index (χ2n) is 3.67. The molecule has 0 aromatic heterocycles. The molecule has 0 radical (unpaired) electrons. The fraction of sp³-hybridized carbons (Fsp3) is 0.385. The van der Waals surface area contributed by atoms with E-state index in [4.69, 9.17) is 6.42 Å². The quantitative estimate of drug-likeness (QED) is 0.816. The summed E-state index contributed by atoms with van der Waals surface area (Å²) < 4.78 is 13.8. The summed E-state index contributed by atoms with van der Waals surface area (Å²) in [6.45, 7) is 2.68. The van der Waals surface area contributed by atoms with Gasteiger partial charge in [-0.15, -0.1) is 6.42 Å². The van der Waals surface area contributed by atoms with Crippen LogP contribution >= 0.6 is 15.9 Å². The SMILES string of the molecule is C#CC(CCC)NCc1cc(F)cc(Br)c1. The van der Waals surface area contributed by atoms with E-state index >= 15 is 0 Å². The lowest BCUT2D eigenvalue weighted by Gasteiger charge is -2.12. The first-order chi connectivity index (χ1) is 7.65. The average molecular weight is 284 g/mol. The van der Waals surface area contributed by atoms with Crippen LogP contribution in [0.1, 0.15) is 25.3 Å². The molecule has 0 bridgehead atoms. The van der Waals surface area contributed by atoms with Gasteiger partial charge in [-0.3, -0.25) is 5.32 Å². The van der Waals surface area contributed by atoms with Crippen molar-refractivity contribution >= 4 is 15.9 Å². The Morgan fingerprint density at radius 1 is 1.50 bits per heavy atom. The third kappa shape index (κ3) is 4.34. The molecule has 0 amide bonds. The summed E-state index contributed by atoms with van der Waals surface area (Å²) in [6.07, 6.45) is 7.36. The van der Waals surface area contributed by atoms with Crippen molar-refractivity contribution in [3.63, 3.8) is 0 Å². The van der Waals surface area contributed by atoms with Crippen LogP contribution in [0, 0.1) is 18.2 Å². The molecule has 0 aliphatic carbocycles. The van der Waals surface area contributed by atoms with Crippen molar-refractivity contribution in [3.05, 3.63) is 34.1 Å². The molecule has 0 saturated heterocycles. The second-order valence-corrected chi connectivity index (χ2v) is 4.58. The van der Waals surface area contributed by atoms with Crippen LogP contribution in [0.25, 0.3) is 0 Å². The first-order valence-electron chi connectivity index (χ1n) is 5.30. The Labute approximate surface area is 105 Å². The normalized spacial score (nSPS) is 12.1. The number of rotatable bonds is 5. The second kappa shape index (κ2) is 6.67. The number of hydrogen-bond acceptors (Lipinski definition) is 1. The molecule has 1 atom stereocenters. The van der Waals surface area contributed by atoms with Gasteiger partial charge in [-0.25, -0.2) is 4.39 Å². The lowest BCUT2D eigenvalue weighted by Crippen LogP contribution is -2.26. The minimum Gasteiger partial charge on any atom is -0.300 e. The Kier molecular flexibility index (Phi) is 5.51. The van der Waals surface area contributed by atoms with Crippen molar-refractivity contribution in [1.82, 2.24) is 5.32 Å². The Balaban J connectivity index is 2.57. The molecule has 16 heavy (non-hydrogen) atoms. The maximum absolute atomic E-state index is 13.1. The van der Waals surface area contributed by atoms with Crippen molar-refractivity contribution in [3.8, 4) is 12.3 Å². The van der Waals surface area contributed by atoms with Crippen LogP contribution in [-0.4, -0.2) is 6.04 Å². The standard InChI is InChI=1S/C13H15BrFN/c1-3-5-13(4-2)16-9-10-6-11(14)8-12(15)7-10/h2,6-8,13,16H,3,5,9H2,1H3. The first kappa shape index (κ1) is 13.2. The number of halogens is 2. The molecule has 3 heteroatoms. The van der Waals surface area contributed by atoms with E-state index in [1.807, 2.05) is 6.07 Å². The van der Waals surface area contributed by atoms with Gasteiger partial charge in [0.2, 0.25) is 0 Å². The maximum Gasteiger partial charge on any atom is 0.124 e. The third-order valence-corrected chi connectivity index (χ3v) is 2.71. The zero-order chi connectivity index (χ0) is 12.0. The van der Waals surface area contributed by atoms with Crippen LogP contribution in [0.15, 0.2) is 22.7 Å². The summed E-state index contributed by atoms with van der Waals surface area (Å²) in [6, 6.07) is 4.90. The van der Waals surface area contributed by atoms with Gasteiger partial charge in [0, 0.05) is 11.0 Å². The molecule has 1 aromatic rings. The minimum absolute atomic E-state index is 0.0621. The van der Waals surface area contributed by atoms with Gasteiger partial charge < -0.3 is 0 Å². The van der Waals surface area contributed by atoms with Crippen molar-refractivity contribution in [2.75, 3.05) is 0 Å². The van der Waals surface area contributed by atoms with Crippen molar-refractivity contribution in [2.45, 2.75) is 32.4 Å². The predicted octanol–water partition coefficient (Wildman–Crippen LogP) is 3.48. The van der Waals surface area contributed by atoms with Gasteiger partial charge in [-0.2, -0.15) is 0 Å². The van der Waals surface area contributed by atoms with Gasteiger partial charge in [-0.05, 0) is 30.2 Å². The third-order valence-electron chi connectivity index (χ3n) is 2.25. The molecule has 1 rings (SSSR count). The highest BCUT2D eigenvalue weighted by atomic mass is 79.9. The molecule has 1 nitrogen and oxygen atoms in total. The van der Waals surface area contributed by atoms with Gasteiger partial charge in [0.25, 0.3) is 0 Å². The lowest BCUT2D eigenvalue weighted by atomic mass is 10.1. The molecule has 0 fully saturated rings. The number of terminal acetylenes is 1. The van der Waals surface area contributed by atoms with Crippen LogP contribution in [-0.2, 0) is 6.54 Å². The lowest BCUT2D eigenvalue weighted by molar-refractivity contribution is 0.559. The summed E-state index contributed by atoms with van der Waals surface area (Å²) >= 11 is 3.26. The number of hydrogen-bond donors (Lipinski definition) is 1. The van der Waals surface area contributed by atoms with Gasteiger partial charge in [0.05, 0.1) is 6.04 Å². The zero-order valence-corrected chi connectivity index (χ0v) is 10.8. The highest BCUT2D eigenvalue weighted by molar-refractivity contribution is 9.10. The largest absolute Gasteiger partial charge is 0.300 e. The zero-order valence-electron chi connectivity index (χ0n) is 9.26.